The number of rotatable bonds is 8. The Balaban J connectivity index is 2.64. The molecule has 19 heavy (non-hydrogen) atoms. The summed E-state index contributed by atoms with van der Waals surface area (Å²) in [7, 11) is 0. The topological polar surface area (TPSA) is 82.0 Å². The molecule has 0 fully saturated rings. The molecule has 0 saturated carbocycles. The predicted molar refractivity (Wildman–Crippen MR) is 79.0 cm³/mol. The first-order valence-electron chi connectivity index (χ1n) is 7.04. The van der Waals surface area contributed by atoms with Crippen molar-refractivity contribution in [3.63, 3.8) is 0 Å². The summed E-state index contributed by atoms with van der Waals surface area (Å²) in [6, 6.07) is 1.83. The molecule has 0 amide bonds. The van der Waals surface area contributed by atoms with E-state index >= 15 is 0 Å². The summed E-state index contributed by atoms with van der Waals surface area (Å²) in [5.41, 5.74) is 12.9. The van der Waals surface area contributed by atoms with Crippen molar-refractivity contribution in [3.8, 4) is 0 Å². The molecule has 1 rings (SSSR count). The molecule has 0 spiro atoms. The van der Waals surface area contributed by atoms with Crippen LogP contribution < -0.4 is 11.5 Å². The zero-order chi connectivity index (χ0) is 14.3. The minimum atomic E-state index is 0.0984. The number of aromatic nitrogens is 1. The Morgan fingerprint density at radius 1 is 1.37 bits per heavy atom. The molecule has 4 N–H and O–H groups in total. The van der Waals surface area contributed by atoms with Crippen molar-refractivity contribution in [2.75, 3.05) is 12.3 Å². The van der Waals surface area contributed by atoms with Crippen molar-refractivity contribution in [1.82, 2.24) is 4.98 Å². The number of nitrogens with two attached hydrogens (primary N) is 2. The molecule has 0 aliphatic carbocycles. The third kappa shape index (κ3) is 4.63. The number of hydrogen-bond donors (Lipinski definition) is 2. The average Bonchev–Trinajstić information content (AvgIpc) is 2.36. The fourth-order valence-corrected chi connectivity index (χ4v) is 2.48. The molecule has 1 aromatic heterocycles. The number of nitrogen functional groups attached to an aromatic ring is 1. The van der Waals surface area contributed by atoms with Crippen LogP contribution >= 0.6 is 0 Å². The molecule has 0 aliphatic heterocycles. The Morgan fingerprint density at radius 3 is 2.68 bits per heavy atom. The van der Waals surface area contributed by atoms with Gasteiger partial charge in [0.25, 0.3) is 0 Å². The van der Waals surface area contributed by atoms with E-state index in [1.54, 1.807) is 6.20 Å². The van der Waals surface area contributed by atoms with E-state index in [2.05, 4.69) is 11.9 Å². The van der Waals surface area contributed by atoms with Crippen LogP contribution in [0.4, 0.5) is 5.82 Å². The van der Waals surface area contributed by atoms with Crippen LogP contribution in [0.25, 0.3) is 0 Å². The van der Waals surface area contributed by atoms with Gasteiger partial charge in [0.1, 0.15) is 5.82 Å². The largest absolute Gasteiger partial charge is 0.383 e. The molecule has 0 bridgehead atoms. The minimum absolute atomic E-state index is 0.0984. The summed E-state index contributed by atoms with van der Waals surface area (Å²) in [5, 5.41) is 0. The third-order valence-corrected chi connectivity index (χ3v) is 3.52. The number of Topliss-reactive ketones (excluding diaryl/α,β-unsaturated/α-hetero) is 1. The molecule has 1 heterocycles. The van der Waals surface area contributed by atoms with Gasteiger partial charge in [-0.05, 0) is 43.9 Å². The van der Waals surface area contributed by atoms with E-state index in [4.69, 9.17) is 11.5 Å². The van der Waals surface area contributed by atoms with Gasteiger partial charge in [-0.25, -0.2) is 4.98 Å². The average molecular weight is 263 g/mol. The van der Waals surface area contributed by atoms with Gasteiger partial charge < -0.3 is 11.5 Å². The Bertz CT molecular complexity index is 392. The fraction of sp³-hybridized carbons (Fsp3) is 0.600. The number of hydrogen-bond acceptors (Lipinski definition) is 4. The number of ketones is 1. The summed E-state index contributed by atoms with van der Waals surface area (Å²) >= 11 is 0. The summed E-state index contributed by atoms with van der Waals surface area (Å²) in [4.78, 5) is 16.2. The van der Waals surface area contributed by atoms with E-state index in [1.807, 2.05) is 13.0 Å². The minimum Gasteiger partial charge on any atom is -0.383 e. The zero-order valence-corrected chi connectivity index (χ0v) is 12.0. The highest BCUT2D eigenvalue weighted by Crippen LogP contribution is 2.21. The molecule has 4 nitrogen and oxygen atoms in total. The summed E-state index contributed by atoms with van der Waals surface area (Å²) in [6.07, 6.45) is 6.30. The van der Waals surface area contributed by atoms with E-state index in [9.17, 15) is 4.79 Å². The fourth-order valence-electron chi connectivity index (χ4n) is 2.48. The predicted octanol–water partition coefficient (Wildman–Crippen LogP) is 2.70. The smallest absolute Gasteiger partial charge is 0.166 e. The normalized spacial score (nSPS) is 12.4. The lowest BCUT2D eigenvalue weighted by molar-refractivity contribution is 0.0972. The second kappa shape index (κ2) is 7.89. The lowest BCUT2D eigenvalue weighted by Crippen LogP contribution is -2.13. The SMILES string of the molecule is CCCC(CCN)CCC(=O)c1c(C)ccnc1N. The monoisotopic (exact) mass is 263 g/mol. The van der Waals surface area contributed by atoms with Crippen LogP contribution in [-0.4, -0.2) is 17.3 Å². The maximum atomic E-state index is 12.2. The molecule has 106 valence electrons. The maximum absolute atomic E-state index is 12.2. The van der Waals surface area contributed by atoms with Gasteiger partial charge in [-0.15, -0.1) is 0 Å². The second-order valence-electron chi connectivity index (χ2n) is 5.08. The van der Waals surface area contributed by atoms with Crippen molar-refractivity contribution >= 4 is 11.6 Å². The first-order chi connectivity index (χ1) is 9.10. The number of carbonyl (C=O) groups excluding carboxylic acids is 1. The van der Waals surface area contributed by atoms with Gasteiger partial charge in [0.2, 0.25) is 0 Å². The Morgan fingerprint density at radius 2 is 2.11 bits per heavy atom. The molecule has 0 radical (unpaired) electrons. The molecule has 1 unspecified atom stereocenters. The molecule has 1 atom stereocenters. The maximum Gasteiger partial charge on any atom is 0.166 e. The zero-order valence-electron chi connectivity index (χ0n) is 12.0. The highest BCUT2D eigenvalue weighted by molar-refractivity contribution is 6.01. The molecule has 0 aromatic carbocycles. The van der Waals surface area contributed by atoms with Gasteiger partial charge in [0.15, 0.2) is 5.78 Å². The Kier molecular flexibility index (Phi) is 6.50. The van der Waals surface area contributed by atoms with Crippen molar-refractivity contribution in [3.05, 3.63) is 23.4 Å². The van der Waals surface area contributed by atoms with Crippen LogP contribution in [-0.2, 0) is 0 Å². The summed E-state index contributed by atoms with van der Waals surface area (Å²) < 4.78 is 0. The van der Waals surface area contributed by atoms with Crippen LogP contribution in [0.15, 0.2) is 12.3 Å². The van der Waals surface area contributed by atoms with E-state index in [-0.39, 0.29) is 5.78 Å². The third-order valence-electron chi connectivity index (χ3n) is 3.52. The summed E-state index contributed by atoms with van der Waals surface area (Å²) in [5.74, 6) is 0.981. The van der Waals surface area contributed by atoms with Crippen molar-refractivity contribution in [1.29, 1.82) is 0 Å². The van der Waals surface area contributed by atoms with E-state index in [0.29, 0.717) is 30.3 Å². The van der Waals surface area contributed by atoms with Crippen LogP contribution in [0.5, 0.6) is 0 Å². The van der Waals surface area contributed by atoms with Crippen LogP contribution in [0.1, 0.15) is 54.9 Å². The Hall–Kier alpha value is -1.42. The second-order valence-corrected chi connectivity index (χ2v) is 5.08. The molecular weight excluding hydrogens is 238 g/mol. The van der Waals surface area contributed by atoms with Gasteiger partial charge in [-0.3, -0.25) is 4.79 Å². The number of pyridine rings is 1. The summed E-state index contributed by atoms with van der Waals surface area (Å²) in [6.45, 7) is 4.75. The van der Waals surface area contributed by atoms with Gasteiger partial charge in [0.05, 0.1) is 5.56 Å². The van der Waals surface area contributed by atoms with Crippen molar-refractivity contribution in [2.24, 2.45) is 11.7 Å². The highest BCUT2D eigenvalue weighted by Gasteiger charge is 2.16. The lowest BCUT2D eigenvalue weighted by atomic mass is 9.91. The standard InChI is InChI=1S/C15H25N3O/c1-3-4-12(7-9-16)5-6-13(19)14-11(2)8-10-18-15(14)17/h8,10,12H,3-7,9,16H2,1-2H3,(H2,17,18). The van der Waals surface area contributed by atoms with Gasteiger partial charge in [0, 0.05) is 12.6 Å². The van der Waals surface area contributed by atoms with Gasteiger partial charge in [-0.1, -0.05) is 19.8 Å². The van der Waals surface area contributed by atoms with Crippen LogP contribution in [0, 0.1) is 12.8 Å². The molecule has 4 heteroatoms. The van der Waals surface area contributed by atoms with Crippen molar-refractivity contribution < 1.29 is 4.79 Å². The van der Waals surface area contributed by atoms with Crippen LogP contribution in [0.2, 0.25) is 0 Å². The van der Waals surface area contributed by atoms with Crippen LogP contribution in [0.3, 0.4) is 0 Å². The Labute approximate surface area is 115 Å². The number of carbonyl (C=O) groups is 1. The number of aryl methyl sites for hydroxylation is 1. The first kappa shape index (κ1) is 15.6. The number of anilines is 1. The highest BCUT2D eigenvalue weighted by atomic mass is 16.1. The first-order valence-corrected chi connectivity index (χ1v) is 7.04. The molecule has 1 aromatic rings. The molecule has 0 saturated heterocycles. The molecular formula is C15H25N3O. The van der Waals surface area contributed by atoms with Gasteiger partial charge >= 0.3 is 0 Å². The lowest BCUT2D eigenvalue weighted by Gasteiger charge is -2.15. The van der Waals surface area contributed by atoms with Crippen molar-refractivity contribution in [2.45, 2.75) is 46.0 Å². The van der Waals surface area contributed by atoms with Gasteiger partial charge in [-0.2, -0.15) is 0 Å². The number of nitrogens with zero attached hydrogens (tertiary/aromatic N) is 1. The molecule has 0 aliphatic rings. The van der Waals surface area contributed by atoms with E-state index < -0.39 is 0 Å². The quantitative estimate of drug-likeness (QED) is 0.706. The van der Waals surface area contributed by atoms with E-state index in [0.717, 1.165) is 31.2 Å². The van der Waals surface area contributed by atoms with E-state index in [1.165, 1.54) is 0 Å².